The highest BCUT2D eigenvalue weighted by Crippen LogP contribution is 2.29. The molecule has 0 unspecified atom stereocenters. The van der Waals surface area contributed by atoms with E-state index in [-0.39, 0.29) is 0 Å². The molecule has 1 aromatic heterocycles. The van der Waals surface area contributed by atoms with E-state index in [9.17, 15) is 0 Å². The Balaban J connectivity index is 1.76. The van der Waals surface area contributed by atoms with Crippen molar-refractivity contribution in [1.82, 2.24) is 9.55 Å². The lowest BCUT2D eigenvalue weighted by Crippen LogP contribution is -2.00. The highest BCUT2D eigenvalue weighted by Gasteiger charge is 2.15. The molecule has 0 saturated heterocycles. The van der Waals surface area contributed by atoms with Gasteiger partial charge in [0.05, 0.1) is 26.9 Å². The smallest absolute Gasteiger partial charge is 0.144 e. The topological polar surface area (TPSA) is 45.5 Å². The first-order valence-electron chi connectivity index (χ1n) is 8.19. The van der Waals surface area contributed by atoms with Gasteiger partial charge in [0.25, 0.3) is 0 Å². The fourth-order valence-electron chi connectivity index (χ4n) is 3.22. The molecule has 0 radical (unpaired) electrons. The van der Waals surface area contributed by atoms with Crippen molar-refractivity contribution < 1.29 is 14.2 Å². The average Bonchev–Trinajstić information content (AvgIpc) is 3.30. The van der Waals surface area contributed by atoms with E-state index >= 15 is 0 Å². The summed E-state index contributed by atoms with van der Waals surface area (Å²) < 4.78 is 18.3. The lowest BCUT2D eigenvalue weighted by molar-refractivity contribution is 0.134. The summed E-state index contributed by atoms with van der Waals surface area (Å²) in [4.78, 5) is 4.56. The zero-order chi connectivity index (χ0) is 17.2. The van der Waals surface area contributed by atoms with Crippen LogP contribution in [-0.4, -0.2) is 23.8 Å². The van der Waals surface area contributed by atoms with Crippen LogP contribution in [0.3, 0.4) is 0 Å². The summed E-state index contributed by atoms with van der Waals surface area (Å²) in [5.41, 5.74) is 5.61. The summed E-state index contributed by atoms with van der Waals surface area (Å²) in [5, 5.41) is 0. The van der Waals surface area contributed by atoms with Crippen molar-refractivity contribution in [2.24, 2.45) is 0 Å². The van der Waals surface area contributed by atoms with Crippen LogP contribution in [0.25, 0.3) is 17.1 Å². The molecule has 4 rings (SSSR count). The van der Waals surface area contributed by atoms with Crippen LogP contribution in [0.2, 0.25) is 0 Å². The Morgan fingerprint density at radius 3 is 2.80 bits per heavy atom. The van der Waals surface area contributed by atoms with Gasteiger partial charge in [0.2, 0.25) is 0 Å². The summed E-state index contributed by atoms with van der Waals surface area (Å²) in [7, 11) is 3.35. The van der Waals surface area contributed by atoms with Crippen molar-refractivity contribution in [1.29, 1.82) is 0 Å². The molecule has 128 valence electrons. The number of methoxy groups -OCH3 is 2. The van der Waals surface area contributed by atoms with Gasteiger partial charge in [-0.15, -0.1) is 0 Å². The first-order chi connectivity index (χ1) is 12.3. The summed E-state index contributed by atoms with van der Waals surface area (Å²) in [5.74, 6) is 1.71. The van der Waals surface area contributed by atoms with E-state index in [0.717, 1.165) is 28.4 Å². The van der Waals surface area contributed by atoms with Crippen LogP contribution >= 0.6 is 0 Å². The van der Waals surface area contributed by atoms with E-state index in [4.69, 9.17) is 14.2 Å². The average molecular weight is 336 g/mol. The molecule has 3 aromatic rings. The molecule has 0 N–H and O–H groups in total. The number of aromatic nitrogens is 2. The monoisotopic (exact) mass is 336 g/mol. The Morgan fingerprint density at radius 2 is 1.96 bits per heavy atom. The van der Waals surface area contributed by atoms with Crippen molar-refractivity contribution in [2.75, 3.05) is 14.2 Å². The van der Waals surface area contributed by atoms with Crippen LogP contribution in [0.5, 0.6) is 5.75 Å². The van der Waals surface area contributed by atoms with E-state index in [1.165, 1.54) is 11.1 Å². The van der Waals surface area contributed by atoms with Gasteiger partial charge < -0.3 is 14.2 Å². The van der Waals surface area contributed by atoms with Crippen molar-refractivity contribution in [3.8, 4) is 22.8 Å². The second-order valence-electron chi connectivity index (χ2n) is 6.03. The SMILES string of the molecule is COCc1cc(-c2nccn2-c2ccc3c(c2)COC3)ccc1OC. The number of ether oxygens (including phenoxy) is 3. The first-order valence-corrected chi connectivity index (χ1v) is 8.19. The number of nitrogens with zero attached hydrogens (tertiary/aromatic N) is 2. The maximum atomic E-state index is 5.52. The fraction of sp³-hybridized carbons (Fsp3) is 0.250. The quantitative estimate of drug-likeness (QED) is 0.712. The summed E-state index contributed by atoms with van der Waals surface area (Å²) in [6.07, 6.45) is 3.80. The standard InChI is InChI=1S/C20H20N2O3/c1-23-11-17-9-14(4-6-19(17)24-2)20-21-7-8-22(20)18-5-3-15-12-25-13-16(15)10-18/h3-10H,11-13H2,1-2H3. The minimum Gasteiger partial charge on any atom is -0.496 e. The molecule has 0 spiro atoms. The van der Waals surface area contributed by atoms with Gasteiger partial charge in [-0.1, -0.05) is 6.07 Å². The number of hydrogen-bond donors (Lipinski definition) is 0. The minimum atomic E-state index is 0.494. The second kappa shape index (κ2) is 6.70. The molecule has 5 heteroatoms. The molecule has 0 aliphatic carbocycles. The van der Waals surface area contributed by atoms with Gasteiger partial charge in [0.1, 0.15) is 11.6 Å². The molecule has 2 aromatic carbocycles. The van der Waals surface area contributed by atoms with Crippen LogP contribution < -0.4 is 4.74 Å². The Kier molecular flexibility index (Phi) is 4.26. The summed E-state index contributed by atoms with van der Waals surface area (Å²) >= 11 is 0. The van der Waals surface area contributed by atoms with Gasteiger partial charge in [0, 0.05) is 36.3 Å². The Labute approximate surface area is 146 Å². The van der Waals surface area contributed by atoms with E-state index in [1.54, 1.807) is 14.2 Å². The van der Waals surface area contributed by atoms with Crippen LogP contribution in [0.4, 0.5) is 0 Å². The maximum Gasteiger partial charge on any atom is 0.144 e. The van der Waals surface area contributed by atoms with Gasteiger partial charge in [-0.05, 0) is 41.5 Å². The van der Waals surface area contributed by atoms with Gasteiger partial charge >= 0.3 is 0 Å². The minimum absolute atomic E-state index is 0.494. The molecule has 0 bridgehead atoms. The van der Waals surface area contributed by atoms with E-state index in [1.807, 2.05) is 24.5 Å². The van der Waals surface area contributed by atoms with Gasteiger partial charge in [0.15, 0.2) is 0 Å². The predicted octanol–water partition coefficient (Wildman–Crippen LogP) is 3.72. The molecule has 0 atom stereocenters. The van der Waals surface area contributed by atoms with Gasteiger partial charge in [-0.3, -0.25) is 4.57 Å². The normalized spacial score (nSPS) is 13.0. The van der Waals surface area contributed by atoms with Crippen LogP contribution in [0, 0.1) is 0 Å². The molecule has 5 nitrogen and oxygen atoms in total. The van der Waals surface area contributed by atoms with E-state index in [0.29, 0.717) is 19.8 Å². The number of rotatable bonds is 5. The van der Waals surface area contributed by atoms with Crippen molar-refractivity contribution in [2.45, 2.75) is 19.8 Å². The third kappa shape index (κ3) is 2.92. The molecule has 0 fully saturated rings. The summed E-state index contributed by atoms with van der Waals surface area (Å²) in [6, 6.07) is 12.5. The van der Waals surface area contributed by atoms with Gasteiger partial charge in [-0.2, -0.15) is 0 Å². The maximum absolute atomic E-state index is 5.52. The van der Waals surface area contributed by atoms with Crippen LogP contribution in [0.1, 0.15) is 16.7 Å². The zero-order valence-electron chi connectivity index (χ0n) is 14.4. The molecule has 1 aliphatic heterocycles. The highest BCUT2D eigenvalue weighted by atomic mass is 16.5. The third-order valence-electron chi connectivity index (χ3n) is 4.46. The van der Waals surface area contributed by atoms with Crippen LogP contribution in [-0.2, 0) is 29.3 Å². The largest absolute Gasteiger partial charge is 0.496 e. The molecular formula is C20H20N2O3. The number of fused-ring (bicyclic) bond motifs is 1. The van der Waals surface area contributed by atoms with Crippen molar-refractivity contribution >= 4 is 0 Å². The van der Waals surface area contributed by atoms with Crippen molar-refractivity contribution in [3.63, 3.8) is 0 Å². The molecule has 0 amide bonds. The second-order valence-corrected chi connectivity index (χ2v) is 6.03. The van der Waals surface area contributed by atoms with Gasteiger partial charge in [-0.25, -0.2) is 4.98 Å². The molecule has 25 heavy (non-hydrogen) atoms. The lowest BCUT2D eigenvalue weighted by Gasteiger charge is -2.12. The number of imidazole rings is 1. The zero-order valence-corrected chi connectivity index (χ0v) is 14.4. The number of hydrogen-bond acceptors (Lipinski definition) is 4. The number of benzene rings is 2. The first kappa shape index (κ1) is 15.9. The molecule has 0 saturated carbocycles. The van der Waals surface area contributed by atoms with E-state index in [2.05, 4.69) is 33.8 Å². The van der Waals surface area contributed by atoms with Crippen molar-refractivity contribution in [3.05, 3.63) is 65.5 Å². The van der Waals surface area contributed by atoms with Crippen LogP contribution in [0.15, 0.2) is 48.8 Å². The fourth-order valence-corrected chi connectivity index (χ4v) is 3.22. The third-order valence-corrected chi connectivity index (χ3v) is 4.46. The Bertz CT molecular complexity index is 902. The summed E-state index contributed by atoms with van der Waals surface area (Å²) in [6.45, 7) is 1.87. The highest BCUT2D eigenvalue weighted by molar-refractivity contribution is 5.62. The molecule has 1 aliphatic rings. The predicted molar refractivity (Wildman–Crippen MR) is 94.8 cm³/mol. The van der Waals surface area contributed by atoms with E-state index < -0.39 is 0 Å². The molecule has 2 heterocycles. The Hall–Kier alpha value is -2.63. The lowest BCUT2D eigenvalue weighted by atomic mass is 10.1. The Morgan fingerprint density at radius 1 is 1.08 bits per heavy atom. The molecular weight excluding hydrogens is 316 g/mol.